The number of carbonyl (C=O) groups is 1. The fraction of sp³-hybridized carbons (Fsp3) is 0.364. The van der Waals surface area contributed by atoms with Crippen LogP contribution in [0.2, 0.25) is 0 Å². The Balaban J connectivity index is 3.27. The molecule has 1 aromatic rings. The first kappa shape index (κ1) is 17.2. The molecule has 0 heterocycles. The summed E-state index contributed by atoms with van der Waals surface area (Å²) in [5.41, 5.74) is -1.09. The molecule has 3 N–H and O–H groups in total. The number of carbonyl (C=O) groups excluding carboxylic acids is 1. The molecule has 1 amide bonds. The van der Waals surface area contributed by atoms with E-state index in [1.807, 2.05) is 0 Å². The number of sulfone groups is 1. The molecule has 0 aromatic heterocycles. The average molecular weight is 328 g/mol. The molecule has 1 unspecified atom stereocenters. The predicted molar refractivity (Wildman–Crippen MR) is 66.5 cm³/mol. The van der Waals surface area contributed by atoms with E-state index >= 15 is 0 Å². The molecule has 0 fully saturated rings. The molecule has 0 aliphatic heterocycles. The summed E-state index contributed by atoms with van der Waals surface area (Å²) in [5, 5.41) is 2.40. The van der Waals surface area contributed by atoms with Gasteiger partial charge in [-0.2, -0.15) is 13.2 Å². The second kappa shape index (κ2) is 5.88. The number of rotatable bonds is 5. The molecule has 10 heteroatoms. The van der Waals surface area contributed by atoms with E-state index in [2.05, 4.69) is 5.32 Å². The van der Waals surface area contributed by atoms with Crippen LogP contribution in [-0.2, 0) is 14.6 Å². The zero-order valence-corrected chi connectivity index (χ0v) is 11.6. The van der Waals surface area contributed by atoms with Crippen LogP contribution < -0.4 is 11.1 Å². The van der Waals surface area contributed by atoms with Crippen molar-refractivity contribution in [2.45, 2.75) is 29.8 Å². The maximum atomic E-state index is 13.1. The van der Waals surface area contributed by atoms with E-state index < -0.39 is 43.7 Å². The zero-order valence-electron chi connectivity index (χ0n) is 10.7. The highest BCUT2D eigenvalue weighted by Gasteiger charge is 2.48. The normalized spacial score (nSPS) is 13.8. The first-order valence-electron chi connectivity index (χ1n) is 5.61. The van der Waals surface area contributed by atoms with Crippen LogP contribution in [0.1, 0.15) is 13.3 Å². The predicted octanol–water partition coefficient (Wildman–Crippen LogP) is 1.79. The number of alkyl halides is 3. The van der Waals surface area contributed by atoms with Crippen LogP contribution in [0.4, 0.5) is 23.2 Å². The van der Waals surface area contributed by atoms with Gasteiger partial charge in [-0.3, -0.25) is 4.79 Å². The molecule has 5 nitrogen and oxygen atoms in total. The van der Waals surface area contributed by atoms with Crippen molar-refractivity contribution < 1.29 is 30.8 Å². The molecule has 0 spiro atoms. The first-order chi connectivity index (χ1) is 9.45. The Bertz CT molecular complexity index is 643. The quantitative estimate of drug-likeness (QED) is 0.807. The number of primary amides is 1. The van der Waals surface area contributed by atoms with Gasteiger partial charge in [0.2, 0.25) is 5.91 Å². The van der Waals surface area contributed by atoms with Gasteiger partial charge in [-0.25, -0.2) is 12.8 Å². The zero-order chi connectivity index (χ0) is 16.4. The summed E-state index contributed by atoms with van der Waals surface area (Å²) in [6.07, 6.45) is -0.233. The fourth-order valence-electron chi connectivity index (χ4n) is 1.58. The molecule has 1 rings (SSSR count). The number of nitrogens with one attached hydrogen (secondary N) is 1. The highest BCUT2D eigenvalue weighted by Crippen LogP contribution is 2.35. The van der Waals surface area contributed by atoms with Crippen molar-refractivity contribution in [3.8, 4) is 0 Å². The molecule has 0 saturated heterocycles. The van der Waals surface area contributed by atoms with Crippen molar-refractivity contribution in [3.05, 3.63) is 24.0 Å². The molecule has 0 aliphatic rings. The molecule has 0 aliphatic carbocycles. The monoisotopic (exact) mass is 328 g/mol. The maximum absolute atomic E-state index is 13.1. The van der Waals surface area contributed by atoms with E-state index in [4.69, 9.17) is 5.73 Å². The third kappa shape index (κ3) is 4.06. The van der Waals surface area contributed by atoms with E-state index in [1.165, 1.54) is 6.92 Å². The van der Waals surface area contributed by atoms with Crippen LogP contribution in [0.25, 0.3) is 0 Å². The van der Waals surface area contributed by atoms with Crippen molar-refractivity contribution in [1.29, 1.82) is 0 Å². The molecule has 1 atom stereocenters. The second-order valence-electron chi connectivity index (χ2n) is 4.31. The van der Waals surface area contributed by atoms with Gasteiger partial charge in [0.05, 0.1) is 5.69 Å². The standard InChI is InChI=1S/C11H12F4N2O3S/c1-6(4-10(16)18)17-8-3-2-7(12)5-9(8)21(19,20)11(13,14)15/h2-3,5-6,17H,4H2,1H3,(H2,16,18). The van der Waals surface area contributed by atoms with Gasteiger partial charge in [0.25, 0.3) is 9.84 Å². The van der Waals surface area contributed by atoms with E-state index in [1.54, 1.807) is 0 Å². The van der Waals surface area contributed by atoms with E-state index in [-0.39, 0.29) is 12.5 Å². The summed E-state index contributed by atoms with van der Waals surface area (Å²) in [6, 6.07) is 1.19. The van der Waals surface area contributed by atoms with Gasteiger partial charge >= 0.3 is 5.51 Å². The third-order valence-corrected chi connectivity index (χ3v) is 3.97. The Kier molecular flexibility index (Phi) is 4.82. The molecule has 0 saturated carbocycles. The van der Waals surface area contributed by atoms with Crippen LogP contribution in [0.15, 0.2) is 23.1 Å². The highest BCUT2D eigenvalue weighted by molar-refractivity contribution is 7.92. The topological polar surface area (TPSA) is 89.3 Å². The number of benzene rings is 1. The number of hydrogen-bond donors (Lipinski definition) is 2. The van der Waals surface area contributed by atoms with Crippen molar-refractivity contribution in [2.75, 3.05) is 5.32 Å². The lowest BCUT2D eigenvalue weighted by molar-refractivity contribution is -0.118. The molecule has 21 heavy (non-hydrogen) atoms. The first-order valence-corrected chi connectivity index (χ1v) is 7.09. The van der Waals surface area contributed by atoms with Gasteiger partial charge in [-0.15, -0.1) is 0 Å². The summed E-state index contributed by atoms with van der Waals surface area (Å²) >= 11 is 0. The Morgan fingerprint density at radius 2 is 1.95 bits per heavy atom. The molecule has 118 valence electrons. The average Bonchev–Trinajstić information content (AvgIpc) is 2.28. The number of amides is 1. The smallest absolute Gasteiger partial charge is 0.381 e. The molecular weight excluding hydrogens is 316 g/mol. The van der Waals surface area contributed by atoms with Gasteiger partial charge in [0, 0.05) is 12.5 Å². The second-order valence-corrected chi connectivity index (χ2v) is 6.22. The summed E-state index contributed by atoms with van der Waals surface area (Å²) in [4.78, 5) is 9.47. The third-order valence-electron chi connectivity index (χ3n) is 2.45. The van der Waals surface area contributed by atoms with Crippen LogP contribution >= 0.6 is 0 Å². The molecule has 1 aromatic carbocycles. The lowest BCUT2D eigenvalue weighted by Gasteiger charge is -2.18. The van der Waals surface area contributed by atoms with Gasteiger partial charge in [0.15, 0.2) is 0 Å². The fourth-order valence-corrected chi connectivity index (χ4v) is 2.51. The summed E-state index contributed by atoms with van der Waals surface area (Å²) in [7, 11) is -5.72. The summed E-state index contributed by atoms with van der Waals surface area (Å²) in [6.45, 7) is 1.41. The van der Waals surface area contributed by atoms with Crippen molar-refractivity contribution in [3.63, 3.8) is 0 Å². The minimum absolute atomic E-state index is 0.233. The van der Waals surface area contributed by atoms with Crippen LogP contribution in [0.5, 0.6) is 0 Å². The molecule has 0 bridgehead atoms. The van der Waals surface area contributed by atoms with Crippen molar-refractivity contribution in [2.24, 2.45) is 5.73 Å². The van der Waals surface area contributed by atoms with Gasteiger partial charge in [0.1, 0.15) is 10.7 Å². The largest absolute Gasteiger partial charge is 0.501 e. The Morgan fingerprint density at radius 1 is 1.38 bits per heavy atom. The molecule has 0 radical (unpaired) electrons. The van der Waals surface area contributed by atoms with E-state index in [0.717, 1.165) is 12.1 Å². The van der Waals surface area contributed by atoms with Crippen LogP contribution in [0.3, 0.4) is 0 Å². The summed E-state index contributed by atoms with van der Waals surface area (Å²) < 4.78 is 73.6. The minimum Gasteiger partial charge on any atom is -0.381 e. The number of anilines is 1. The Hall–Kier alpha value is -1.84. The van der Waals surface area contributed by atoms with Crippen molar-refractivity contribution in [1.82, 2.24) is 0 Å². The lowest BCUT2D eigenvalue weighted by atomic mass is 10.2. The number of hydrogen-bond acceptors (Lipinski definition) is 4. The van der Waals surface area contributed by atoms with E-state index in [9.17, 15) is 30.8 Å². The Morgan fingerprint density at radius 3 is 2.43 bits per heavy atom. The maximum Gasteiger partial charge on any atom is 0.501 e. The van der Waals surface area contributed by atoms with Gasteiger partial charge in [-0.1, -0.05) is 0 Å². The highest BCUT2D eigenvalue weighted by atomic mass is 32.2. The Labute approximate surface area is 118 Å². The van der Waals surface area contributed by atoms with Gasteiger partial charge < -0.3 is 11.1 Å². The number of nitrogens with two attached hydrogens (primary N) is 1. The number of halogens is 4. The summed E-state index contributed by atoms with van der Waals surface area (Å²) in [5.74, 6) is -1.86. The van der Waals surface area contributed by atoms with Crippen LogP contribution in [0, 0.1) is 5.82 Å². The lowest BCUT2D eigenvalue weighted by Crippen LogP contribution is -2.27. The molecular formula is C11H12F4N2O3S. The van der Waals surface area contributed by atoms with Crippen LogP contribution in [-0.4, -0.2) is 25.9 Å². The van der Waals surface area contributed by atoms with Gasteiger partial charge in [-0.05, 0) is 25.1 Å². The van der Waals surface area contributed by atoms with Crippen molar-refractivity contribution >= 4 is 21.4 Å². The van der Waals surface area contributed by atoms with E-state index in [0.29, 0.717) is 0 Å². The SMILES string of the molecule is CC(CC(N)=O)Nc1ccc(F)cc1S(=O)(=O)C(F)(F)F. The minimum atomic E-state index is -5.72.